The van der Waals surface area contributed by atoms with E-state index < -0.39 is 53.6 Å². The van der Waals surface area contributed by atoms with Crippen molar-refractivity contribution >= 4 is 17.9 Å². The van der Waals surface area contributed by atoms with Crippen LogP contribution in [0, 0.1) is 35.0 Å². The van der Waals surface area contributed by atoms with E-state index in [4.69, 9.17) is 14.2 Å². The Morgan fingerprint density at radius 1 is 1.07 bits per heavy atom. The molecule has 6 rings (SSSR count). The Labute approximate surface area is 233 Å². The minimum absolute atomic E-state index is 0.0345. The average Bonchev–Trinajstić information content (AvgIpc) is 3.28. The van der Waals surface area contributed by atoms with Gasteiger partial charge in [0.15, 0.2) is 0 Å². The summed E-state index contributed by atoms with van der Waals surface area (Å²) in [5.41, 5.74) is 0.160. The molecule has 10 heteroatoms. The number of aliphatic hydroxyl groups excluding tert-OH is 1. The maximum Gasteiger partial charge on any atom is 0.311 e. The highest BCUT2D eigenvalue weighted by Gasteiger charge is 2.67. The molecule has 1 aromatic heterocycles. The Bertz CT molecular complexity index is 1260. The molecule has 0 spiro atoms. The van der Waals surface area contributed by atoms with Crippen molar-refractivity contribution in [1.82, 2.24) is 9.47 Å². The van der Waals surface area contributed by atoms with Crippen molar-refractivity contribution in [3.05, 3.63) is 34.2 Å². The van der Waals surface area contributed by atoms with E-state index in [1.807, 2.05) is 30.5 Å². The highest BCUT2D eigenvalue weighted by atomic mass is 16.6. The van der Waals surface area contributed by atoms with Crippen LogP contribution in [0.25, 0.3) is 0 Å². The van der Waals surface area contributed by atoms with E-state index in [0.717, 1.165) is 25.2 Å². The highest BCUT2D eigenvalue weighted by molar-refractivity contribution is 5.76. The topological polar surface area (TPSA) is 124 Å². The zero-order chi connectivity index (χ0) is 28.5. The monoisotopic (exact) mass is 556 g/mol. The van der Waals surface area contributed by atoms with Crippen LogP contribution in [0.2, 0.25) is 0 Å². The first kappa shape index (κ1) is 27.4. The molecule has 218 valence electrons. The fourth-order valence-corrected chi connectivity index (χ4v) is 9.21. The zero-order valence-corrected chi connectivity index (χ0v) is 23.7. The number of carbonyl (C=O) groups is 3. The van der Waals surface area contributed by atoms with Crippen LogP contribution in [0.3, 0.4) is 0 Å². The van der Waals surface area contributed by atoms with Crippen molar-refractivity contribution in [2.24, 2.45) is 35.0 Å². The van der Waals surface area contributed by atoms with Gasteiger partial charge in [-0.05, 0) is 30.7 Å². The van der Waals surface area contributed by atoms with E-state index in [2.05, 4.69) is 4.90 Å². The maximum atomic E-state index is 13.4. The summed E-state index contributed by atoms with van der Waals surface area (Å²) in [4.78, 5) is 52.2. The van der Waals surface area contributed by atoms with Gasteiger partial charge in [-0.1, -0.05) is 19.9 Å². The number of piperidine rings is 1. The number of fused-ring (bicyclic) bond motifs is 6. The van der Waals surface area contributed by atoms with Crippen LogP contribution in [-0.2, 0) is 35.1 Å². The van der Waals surface area contributed by atoms with Crippen molar-refractivity contribution in [3.8, 4) is 0 Å². The smallest absolute Gasteiger partial charge is 0.311 e. The SMILES string of the molecule is CC(=O)O[C@H]1C[C@H](OC(C)=O)[C@@]2(C)[C@@H]1[C@@H](C)C[C@H]1OC(=O)[C@H](CN3C[C@@H]4C[C@@H](C3)c3cccc(=O)n3C4)[C@H]1[C@@H]2O. The standard InChI is InChI=1S/C30H40N2O8/c1-15-8-22-26(28(36)30(4)24(39-17(3)34)10-23(27(15)30)38-16(2)33)20(29(37)40-22)14-31-11-18-9-19(13-31)21-6-5-7-25(35)32(21)12-18/h5-7,15,18-20,22-24,26-28,36H,8-14H2,1-4H3/t15-,18-,19-,20+,22+,23-,24-,26+,27+,28-,30-/m0/s1. The van der Waals surface area contributed by atoms with Gasteiger partial charge in [-0.25, -0.2) is 0 Å². The summed E-state index contributed by atoms with van der Waals surface area (Å²) in [7, 11) is 0. The number of likely N-dealkylation sites (tertiary alicyclic amines) is 1. The number of aliphatic hydroxyl groups is 1. The molecule has 2 saturated carbocycles. The van der Waals surface area contributed by atoms with Gasteiger partial charge in [-0.15, -0.1) is 0 Å². The molecule has 3 aliphatic heterocycles. The second-order valence-electron chi connectivity index (χ2n) is 13.1. The minimum atomic E-state index is -1.00. The number of hydrogen-bond donors (Lipinski definition) is 1. The molecule has 1 N–H and O–H groups in total. The Morgan fingerprint density at radius 3 is 2.55 bits per heavy atom. The number of nitrogens with zero attached hydrogens (tertiary/aromatic N) is 2. The molecule has 1 aromatic rings. The van der Waals surface area contributed by atoms with Crippen LogP contribution in [0.4, 0.5) is 0 Å². The van der Waals surface area contributed by atoms with Crippen LogP contribution in [0.1, 0.15) is 58.6 Å². The Morgan fingerprint density at radius 2 is 1.82 bits per heavy atom. The summed E-state index contributed by atoms with van der Waals surface area (Å²) in [6.07, 6.45) is -0.765. The van der Waals surface area contributed by atoms with Crippen molar-refractivity contribution in [2.75, 3.05) is 19.6 Å². The molecular weight excluding hydrogens is 516 g/mol. The Kier molecular flexibility index (Phi) is 6.85. The molecule has 2 aliphatic carbocycles. The van der Waals surface area contributed by atoms with Crippen LogP contribution in [0.15, 0.2) is 23.0 Å². The normalized spacial score (nSPS) is 42.2. The van der Waals surface area contributed by atoms with Crippen LogP contribution >= 0.6 is 0 Å². The lowest BCUT2D eigenvalue weighted by molar-refractivity contribution is -0.165. The van der Waals surface area contributed by atoms with Gasteiger partial charge in [0.25, 0.3) is 5.56 Å². The molecule has 11 atom stereocenters. The summed E-state index contributed by atoms with van der Waals surface area (Å²) in [5.74, 6) is -1.96. The van der Waals surface area contributed by atoms with Crippen molar-refractivity contribution < 1.29 is 33.7 Å². The fraction of sp³-hybridized carbons (Fsp3) is 0.733. The highest BCUT2D eigenvalue weighted by Crippen LogP contribution is 2.59. The molecule has 4 fully saturated rings. The third kappa shape index (κ3) is 4.38. The maximum absolute atomic E-state index is 13.4. The Balaban J connectivity index is 1.29. The number of esters is 3. The van der Waals surface area contributed by atoms with Crippen molar-refractivity contribution in [2.45, 2.75) is 83.8 Å². The predicted octanol–water partition coefficient (Wildman–Crippen LogP) is 1.72. The number of ether oxygens (including phenoxy) is 3. The first-order valence-corrected chi connectivity index (χ1v) is 14.6. The number of aromatic nitrogens is 1. The molecule has 0 aromatic carbocycles. The first-order valence-electron chi connectivity index (χ1n) is 14.6. The van der Waals surface area contributed by atoms with E-state index in [1.54, 1.807) is 6.07 Å². The van der Waals surface area contributed by atoms with E-state index >= 15 is 0 Å². The average molecular weight is 557 g/mol. The van der Waals surface area contributed by atoms with Crippen molar-refractivity contribution in [1.29, 1.82) is 0 Å². The lowest BCUT2D eigenvalue weighted by Gasteiger charge is -2.45. The quantitative estimate of drug-likeness (QED) is 0.436. The summed E-state index contributed by atoms with van der Waals surface area (Å²) >= 11 is 0. The number of carbonyl (C=O) groups excluding carboxylic acids is 3. The summed E-state index contributed by atoms with van der Waals surface area (Å²) in [6.45, 7) is 9.30. The second kappa shape index (κ2) is 9.98. The lowest BCUT2D eigenvalue weighted by Crippen LogP contribution is -2.53. The van der Waals surface area contributed by atoms with E-state index in [9.17, 15) is 24.3 Å². The molecule has 2 bridgehead atoms. The molecule has 0 radical (unpaired) electrons. The van der Waals surface area contributed by atoms with Gasteiger partial charge >= 0.3 is 17.9 Å². The summed E-state index contributed by atoms with van der Waals surface area (Å²) in [6, 6.07) is 5.45. The third-order valence-corrected chi connectivity index (χ3v) is 10.6. The van der Waals surface area contributed by atoms with Gasteiger partial charge in [0.05, 0.1) is 12.0 Å². The van der Waals surface area contributed by atoms with Gasteiger partial charge in [0, 0.05) is 81.4 Å². The molecule has 40 heavy (non-hydrogen) atoms. The van der Waals surface area contributed by atoms with Gasteiger partial charge in [-0.3, -0.25) is 19.2 Å². The van der Waals surface area contributed by atoms with Gasteiger partial charge < -0.3 is 28.8 Å². The van der Waals surface area contributed by atoms with Gasteiger partial charge in [-0.2, -0.15) is 0 Å². The molecule has 0 amide bonds. The van der Waals surface area contributed by atoms with E-state index in [0.29, 0.717) is 31.8 Å². The van der Waals surface area contributed by atoms with E-state index in [-0.39, 0.29) is 29.3 Å². The lowest BCUT2D eigenvalue weighted by atomic mass is 9.66. The molecule has 0 unspecified atom stereocenters. The fourth-order valence-electron chi connectivity index (χ4n) is 9.21. The molecule has 5 aliphatic rings. The van der Waals surface area contributed by atoms with Crippen LogP contribution in [-0.4, -0.2) is 76.5 Å². The summed E-state index contributed by atoms with van der Waals surface area (Å²) < 4.78 is 19.3. The molecular formula is C30H40N2O8. The first-order chi connectivity index (χ1) is 19.0. The predicted molar refractivity (Wildman–Crippen MR) is 142 cm³/mol. The van der Waals surface area contributed by atoms with Crippen LogP contribution < -0.4 is 5.56 Å². The van der Waals surface area contributed by atoms with Crippen LogP contribution in [0.5, 0.6) is 0 Å². The molecule has 2 saturated heterocycles. The molecule has 10 nitrogen and oxygen atoms in total. The largest absolute Gasteiger partial charge is 0.462 e. The number of rotatable bonds is 4. The third-order valence-electron chi connectivity index (χ3n) is 10.6. The van der Waals surface area contributed by atoms with Gasteiger partial charge in [0.2, 0.25) is 0 Å². The number of hydrogen-bond acceptors (Lipinski definition) is 9. The van der Waals surface area contributed by atoms with Gasteiger partial charge in [0.1, 0.15) is 18.3 Å². The zero-order valence-electron chi connectivity index (χ0n) is 23.7. The molecule has 4 heterocycles. The van der Waals surface area contributed by atoms with E-state index in [1.165, 1.54) is 13.8 Å². The number of pyridine rings is 1. The van der Waals surface area contributed by atoms with Crippen molar-refractivity contribution in [3.63, 3.8) is 0 Å². The minimum Gasteiger partial charge on any atom is -0.462 e. The summed E-state index contributed by atoms with van der Waals surface area (Å²) in [5, 5.41) is 12.2. The Hall–Kier alpha value is -2.72. The second-order valence-corrected chi connectivity index (χ2v) is 13.1.